The van der Waals surface area contributed by atoms with E-state index in [9.17, 15) is 22.4 Å². The third-order valence-electron chi connectivity index (χ3n) is 5.21. The number of hydrogen-bond acceptors (Lipinski definition) is 7. The summed E-state index contributed by atoms with van der Waals surface area (Å²) in [5.74, 6) is -0.939. The van der Waals surface area contributed by atoms with Gasteiger partial charge in [0.05, 0.1) is 29.6 Å². The van der Waals surface area contributed by atoms with Gasteiger partial charge >= 0.3 is 6.18 Å². The smallest absolute Gasteiger partial charge is 0.334 e. The maximum absolute atomic E-state index is 14.6. The van der Waals surface area contributed by atoms with E-state index in [-0.39, 0.29) is 22.8 Å². The predicted molar refractivity (Wildman–Crippen MR) is 108 cm³/mol. The summed E-state index contributed by atoms with van der Waals surface area (Å²) in [5, 5.41) is 3.66. The third kappa shape index (κ3) is 4.59. The van der Waals surface area contributed by atoms with Crippen LogP contribution in [0.2, 0.25) is 0 Å². The average molecular weight is 462 g/mol. The van der Waals surface area contributed by atoms with E-state index in [1.807, 2.05) is 0 Å². The van der Waals surface area contributed by atoms with Crippen molar-refractivity contribution in [3.8, 4) is 11.5 Å². The Hall–Kier alpha value is -3.70. The van der Waals surface area contributed by atoms with Crippen molar-refractivity contribution in [3.05, 3.63) is 53.5 Å². The molecule has 1 aliphatic heterocycles. The van der Waals surface area contributed by atoms with Crippen molar-refractivity contribution in [1.82, 2.24) is 25.0 Å². The maximum atomic E-state index is 14.6. The van der Waals surface area contributed by atoms with Crippen molar-refractivity contribution in [2.75, 3.05) is 6.54 Å². The van der Waals surface area contributed by atoms with Crippen LogP contribution in [0.25, 0.3) is 11.5 Å². The molecule has 2 aromatic heterocycles. The highest BCUT2D eigenvalue weighted by atomic mass is 19.4. The molecule has 12 heteroatoms. The summed E-state index contributed by atoms with van der Waals surface area (Å²) >= 11 is 0. The molecule has 8 nitrogen and oxygen atoms in total. The zero-order chi connectivity index (χ0) is 23.8. The molecule has 172 valence electrons. The van der Waals surface area contributed by atoms with Crippen LogP contribution in [-0.4, -0.2) is 49.2 Å². The summed E-state index contributed by atoms with van der Waals surface area (Å²) in [7, 11) is 0. The molecule has 1 atom stereocenters. The molecule has 3 aromatic rings. The predicted octanol–water partition coefficient (Wildman–Crippen LogP) is 4.39. The number of amides is 1. The minimum atomic E-state index is -4.60. The van der Waals surface area contributed by atoms with E-state index in [1.54, 1.807) is 13.8 Å². The second-order valence-corrected chi connectivity index (χ2v) is 7.45. The number of piperidine rings is 1. The number of halogens is 4. The van der Waals surface area contributed by atoms with E-state index in [1.165, 1.54) is 23.1 Å². The number of rotatable bonds is 3. The zero-order valence-corrected chi connectivity index (χ0v) is 17.6. The number of aromatic nitrogens is 4. The molecule has 1 aliphatic rings. The molecule has 1 saturated heterocycles. The Bertz CT molecular complexity index is 1210. The van der Waals surface area contributed by atoms with Crippen molar-refractivity contribution in [2.24, 2.45) is 4.99 Å². The van der Waals surface area contributed by atoms with Gasteiger partial charge in [0.15, 0.2) is 17.3 Å². The number of aliphatic imine (C=N–C) groups is 1. The van der Waals surface area contributed by atoms with E-state index in [0.29, 0.717) is 37.1 Å². The van der Waals surface area contributed by atoms with Gasteiger partial charge in [-0.3, -0.25) is 4.79 Å². The topological polar surface area (TPSA) is 97.4 Å². The number of hydrogen-bond donors (Lipinski definition) is 0. The third-order valence-corrected chi connectivity index (χ3v) is 5.21. The first-order chi connectivity index (χ1) is 15.6. The number of nitrogens with zero attached hydrogens (tertiary/aromatic N) is 6. The van der Waals surface area contributed by atoms with Crippen LogP contribution in [0.1, 0.15) is 41.6 Å². The van der Waals surface area contributed by atoms with E-state index >= 15 is 0 Å². The molecule has 0 N–H and O–H groups in total. The van der Waals surface area contributed by atoms with Crippen molar-refractivity contribution in [1.29, 1.82) is 0 Å². The first-order valence-corrected chi connectivity index (χ1v) is 10.0. The molecule has 0 unspecified atom stereocenters. The summed E-state index contributed by atoms with van der Waals surface area (Å²) < 4.78 is 57.8. The van der Waals surface area contributed by atoms with Crippen LogP contribution in [0.5, 0.6) is 0 Å². The molecule has 0 spiro atoms. The molecule has 1 fully saturated rings. The Morgan fingerprint density at radius 2 is 2.03 bits per heavy atom. The van der Waals surface area contributed by atoms with Gasteiger partial charge in [0, 0.05) is 12.3 Å². The van der Waals surface area contributed by atoms with Gasteiger partial charge in [-0.05, 0) is 38.8 Å². The second-order valence-electron chi connectivity index (χ2n) is 7.45. The molecular weight excluding hydrogens is 444 g/mol. The molecule has 4 rings (SSSR count). The Balaban J connectivity index is 1.63. The van der Waals surface area contributed by atoms with Crippen LogP contribution in [-0.2, 0) is 6.18 Å². The molecule has 3 heterocycles. The van der Waals surface area contributed by atoms with Crippen LogP contribution in [0.15, 0.2) is 40.1 Å². The summed E-state index contributed by atoms with van der Waals surface area (Å²) in [5.41, 5.74) is -0.598. The molecule has 0 aliphatic carbocycles. The monoisotopic (exact) mass is 462 g/mol. The first-order valence-electron chi connectivity index (χ1n) is 10.0. The van der Waals surface area contributed by atoms with Gasteiger partial charge in [-0.25, -0.2) is 19.4 Å². The SMILES string of the molecule is Cc1noc(-c2c(F)cccc2C(=O)N2CCCC(=Nc3cnc(C(F)(F)F)cn3)[C@@H]2C)n1. The minimum Gasteiger partial charge on any atom is -0.334 e. The number of aryl methyl sites for hydroxylation is 1. The highest BCUT2D eigenvalue weighted by molar-refractivity contribution is 6.04. The summed E-state index contributed by atoms with van der Waals surface area (Å²) in [6.07, 6.45) is -1.97. The van der Waals surface area contributed by atoms with Crippen LogP contribution in [0.4, 0.5) is 23.4 Å². The zero-order valence-electron chi connectivity index (χ0n) is 17.6. The number of alkyl halides is 3. The van der Waals surface area contributed by atoms with Gasteiger partial charge in [-0.2, -0.15) is 18.2 Å². The average Bonchev–Trinajstić information content (AvgIpc) is 3.20. The molecule has 1 amide bonds. The Kier molecular flexibility index (Phi) is 5.91. The number of likely N-dealkylation sites (tertiary alicyclic amines) is 1. The van der Waals surface area contributed by atoms with Crippen molar-refractivity contribution < 1.29 is 26.9 Å². The van der Waals surface area contributed by atoms with Crippen LogP contribution in [0.3, 0.4) is 0 Å². The lowest BCUT2D eigenvalue weighted by molar-refractivity contribution is -0.141. The van der Waals surface area contributed by atoms with Crippen LogP contribution >= 0.6 is 0 Å². The first kappa shape index (κ1) is 22.5. The summed E-state index contributed by atoms with van der Waals surface area (Å²) in [4.78, 5) is 30.3. The Labute approximate surface area is 185 Å². The molecule has 33 heavy (non-hydrogen) atoms. The van der Waals surface area contributed by atoms with Gasteiger partial charge in [0.25, 0.3) is 11.8 Å². The number of carbonyl (C=O) groups excluding carboxylic acids is 1. The fraction of sp³-hybridized carbons (Fsp3) is 0.333. The van der Waals surface area contributed by atoms with Gasteiger partial charge in [-0.15, -0.1) is 0 Å². The van der Waals surface area contributed by atoms with Gasteiger partial charge in [-0.1, -0.05) is 11.2 Å². The molecule has 0 saturated carbocycles. The van der Waals surface area contributed by atoms with Crippen LogP contribution < -0.4 is 0 Å². The minimum absolute atomic E-state index is 0.00642. The highest BCUT2D eigenvalue weighted by Crippen LogP contribution is 2.30. The van der Waals surface area contributed by atoms with Gasteiger partial charge < -0.3 is 9.42 Å². The molecular formula is C21H18F4N6O2. The van der Waals surface area contributed by atoms with Gasteiger partial charge in [0.1, 0.15) is 5.82 Å². The standard InChI is InChI=1S/C21H18F4N6O2/c1-11-15(29-17-10-26-16(9-27-17)21(23,24)25)7-4-8-31(11)20(32)13-5-3-6-14(22)18(13)19-28-12(2)30-33-19/h3,5-6,9-11H,4,7-8H2,1-2H3/t11-/m0/s1. The fourth-order valence-corrected chi connectivity index (χ4v) is 3.59. The molecule has 1 aromatic carbocycles. The Morgan fingerprint density at radius 1 is 1.24 bits per heavy atom. The van der Waals surface area contributed by atoms with Gasteiger partial charge in [0.2, 0.25) is 0 Å². The van der Waals surface area contributed by atoms with E-state index in [4.69, 9.17) is 4.52 Å². The lowest BCUT2D eigenvalue weighted by Gasteiger charge is -2.35. The number of carbonyl (C=O) groups is 1. The maximum Gasteiger partial charge on any atom is 0.434 e. The van der Waals surface area contributed by atoms with Crippen molar-refractivity contribution >= 4 is 17.4 Å². The quantitative estimate of drug-likeness (QED) is 0.536. The molecule has 0 radical (unpaired) electrons. The largest absolute Gasteiger partial charge is 0.434 e. The van der Waals surface area contributed by atoms with E-state index < -0.39 is 29.6 Å². The van der Waals surface area contributed by atoms with E-state index in [0.717, 1.165) is 6.20 Å². The lowest BCUT2D eigenvalue weighted by Crippen LogP contribution is -2.47. The second kappa shape index (κ2) is 8.68. The number of benzene rings is 1. The normalized spacial score (nSPS) is 18.1. The highest BCUT2D eigenvalue weighted by Gasteiger charge is 2.34. The lowest BCUT2D eigenvalue weighted by atomic mass is 9.98. The summed E-state index contributed by atoms with van der Waals surface area (Å²) in [6.45, 7) is 3.70. The Morgan fingerprint density at radius 3 is 2.67 bits per heavy atom. The van der Waals surface area contributed by atoms with Crippen LogP contribution in [0, 0.1) is 12.7 Å². The summed E-state index contributed by atoms with van der Waals surface area (Å²) in [6, 6.07) is 3.58. The molecule has 0 bridgehead atoms. The van der Waals surface area contributed by atoms with Crippen molar-refractivity contribution in [3.63, 3.8) is 0 Å². The van der Waals surface area contributed by atoms with Crippen molar-refractivity contribution in [2.45, 2.75) is 38.9 Å². The van der Waals surface area contributed by atoms with E-state index in [2.05, 4.69) is 25.1 Å². The fourth-order valence-electron chi connectivity index (χ4n) is 3.59.